The number of ether oxygens (including phenoxy) is 1. The van der Waals surface area contributed by atoms with Gasteiger partial charge in [-0.25, -0.2) is 10.2 Å². The maximum absolute atomic E-state index is 13.4. The number of aromatic amines is 1. The van der Waals surface area contributed by atoms with Crippen molar-refractivity contribution in [3.63, 3.8) is 0 Å². The van der Waals surface area contributed by atoms with Crippen molar-refractivity contribution in [2.75, 3.05) is 0 Å². The summed E-state index contributed by atoms with van der Waals surface area (Å²) >= 11 is 19.5. The molecule has 0 saturated heterocycles. The minimum atomic E-state index is -0.743. The lowest BCUT2D eigenvalue weighted by atomic mass is 10.0. The number of halogens is 4. The zero-order valence-electron chi connectivity index (χ0n) is 21.0. The van der Waals surface area contributed by atoms with Crippen LogP contribution >= 0.6 is 55.1 Å². The average Bonchev–Trinajstić information content (AvgIpc) is 3.35. The number of nitrogens with zero attached hydrogens (tertiary/aromatic N) is 2. The second-order valence-electron chi connectivity index (χ2n) is 8.75. The van der Waals surface area contributed by atoms with E-state index in [2.05, 4.69) is 47.4 Å². The van der Waals surface area contributed by atoms with Gasteiger partial charge < -0.3 is 9.72 Å². The van der Waals surface area contributed by atoms with Crippen molar-refractivity contribution in [2.45, 2.75) is 0 Å². The fraction of sp³-hybridized carbons (Fsp3) is 0. The van der Waals surface area contributed by atoms with Gasteiger partial charge in [0.1, 0.15) is 5.69 Å². The molecule has 0 atom stereocenters. The molecule has 5 aromatic rings. The zero-order chi connectivity index (χ0) is 30.0. The largest absolute Gasteiger partial charge is 0.421 e. The third kappa shape index (κ3) is 6.24. The number of nitro groups is 1. The molecule has 210 valence electrons. The quantitative estimate of drug-likeness (QED) is 0.0571. The number of rotatable bonds is 7. The second kappa shape index (κ2) is 12.5. The number of H-pyrrole nitrogens is 1. The minimum Gasteiger partial charge on any atom is -0.421 e. The highest BCUT2D eigenvalue weighted by atomic mass is 79.9. The lowest BCUT2D eigenvalue weighted by Gasteiger charge is -2.10. The fourth-order valence-corrected chi connectivity index (χ4v) is 6.05. The highest BCUT2D eigenvalue weighted by Gasteiger charge is 2.21. The Morgan fingerprint density at radius 1 is 1.00 bits per heavy atom. The zero-order valence-corrected chi connectivity index (χ0v) is 25.7. The van der Waals surface area contributed by atoms with Gasteiger partial charge >= 0.3 is 5.97 Å². The maximum atomic E-state index is 13.4. The first-order valence-corrected chi connectivity index (χ1v) is 14.3. The summed E-state index contributed by atoms with van der Waals surface area (Å²) in [5.41, 5.74) is 4.95. The number of nitro benzene ring substituents is 1. The third-order valence-corrected chi connectivity index (χ3v) is 7.59. The first-order valence-electron chi connectivity index (χ1n) is 12.0. The van der Waals surface area contributed by atoms with Crippen molar-refractivity contribution in [2.24, 2.45) is 5.10 Å². The smallest absolute Gasteiger partial charge is 0.343 e. The Morgan fingerprint density at radius 2 is 1.71 bits per heavy atom. The molecule has 0 saturated carbocycles. The summed E-state index contributed by atoms with van der Waals surface area (Å²) in [6.07, 6.45) is 1.32. The summed E-state index contributed by atoms with van der Waals surface area (Å²) in [7, 11) is 0. The monoisotopic (exact) mass is 728 g/mol. The summed E-state index contributed by atoms with van der Waals surface area (Å²) in [4.78, 5) is 39.6. The molecule has 0 unspecified atom stereocenters. The van der Waals surface area contributed by atoms with E-state index in [0.717, 1.165) is 5.56 Å². The Labute approximate surface area is 264 Å². The molecule has 0 radical (unpaired) electrons. The van der Waals surface area contributed by atoms with E-state index in [1.54, 1.807) is 24.3 Å². The molecule has 42 heavy (non-hydrogen) atoms. The molecule has 0 aliphatic heterocycles. The van der Waals surface area contributed by atoms with Crippen LogP contribution in [0.25, 0.3) is 22.0 Å². The normalized spacial score (nSPS) is 11.1. The van der Waals surface area contributed by atoms with Gasteiger partial charge in [0.25, 0.3) is 11.6 Å². The van der Waals surface area contributed by atoms with Crippen molar-refractivity contribution in [3.8, 4) is 16.9 Å². The van der Waals surface area contributed by atoms with Crippen LogP contribution in [0.15, 0.2) is 92.9 Å². The molecule has 0 aliphatic rings. The standard InChI is InChI=1S/C29H16Br2Cl2N4O5/c30-18-10-17(27(22(31)11-18)42-29(39)16-6-8-20(9-7-16)37(40)41)14-34-36-28(38)26-24(15-4-2-1-3-5-15)21-12-19(32)13-23(33)25(21)35-26/h1-14,35H,(H,36,38). The van der Waals surface area contributed by atoms with Gasteiger partial charge in [-0.05, 0) is 57.9 Å². The van der Waals surface area contributed by atoms with E-state index in [1.165, 1.54) is 30.5 Å². The van der Waals surface area contributed by atoms with Crippen LogP contribution in [-0.2, 0) is 0 Å². The van der Waals surface area contributed by atoms with Crippen molar-refractivity contribution in [3.05, 3.63) is 125 Å². The number of esters is 1. The van der Waals surface area contributed by atoms with E-state index >= 15 is 0 Å². The lowest BCUT2D eigenvalue weighted by Crippen LogP contribution is -2.19. The molecular formula is C29H16Br2Cl2N4O5. The Balaban J connectivity index is 1.44. The number of benzene rings is 4. The first kappa shape index (κ1) is 29.5. The SMILES string of the molecule is O=C(Oc1c(Br)cc(Br)cc1C=NNC(=O)c1[nH]c2c(Cl)cc(Cl)cc2c1-c1ccccc1)c1ccc([N+](=O)[O-])cc1. The molecule has 1 aromatic heterocycles. The number of fused-ring (bicyclic) bond motifs is 1. The van der Waals surface area contributed by atoms with Gasteiger partial charge in [0.05, 0.1) is 31.7 Å². The summed E-state index contributed by atoms with van der Waals surface area (Å²) in [6.45, 7) is 0. The van der Waals surface area contributed by atoms with E-state index in [9.17, 15) is 19.7 Å². The molecule has 2 N–H and O–H groups in total. The first-order chi connectivity index (χ1) is 20.1. The van der Waals surface area contributed by atoms with E-state index in [0.29, 0.717) is 41.0 Å². The number of aromatic nitrogens is 1. The summed E-state index contributed by atoms with van der Waals surface area (Å²) in [6, 6.07) is 20.9. The Morgan fingerprint density at radius 3 is 2.40 bits per heavy atom. The van der Waals surface area contributed by atoms with Crippen LogP contribution in [-0.4, -0.2) is 28.0 Å². The molecule has 1 amide bonds. The van der Waals surface area contributed by atoms with Gasteiger partial charge in [0.2, 0.25) is 0 Å². The third-order valence-electron chi connectivity index (χ3n) is 6.03. The molecule has 13 heteroatoms. The molecule has 4 aromatic carbocycles. The molecule has 0 spiro atoms. The van der Waals surface area contributed by atoms with Gasteiger partial charge in [0.15, 0.2) is 5.75 Å². The molecule has 5 rings (SSSR count). The molecule has 0 aliphatic carbocycles. The van der Waals surface area contributed by atoms with Crippen molar-refractivity contribution < 1.29 is 19.2 Å². The van der Waals surface area contributed by atoms with E-state index in [-0.39, 0.29) is 22.7 Å². The van der Waals surface area contributed by atoms with Crippen molar-refractivity contribution in [1.29, 1.82) is 0 Å². The Hall–Kier alpha value is -4.03. The van der Waals surface area contributed by atoms with Crippen LogP contribution in [0.2, 0.25) is 10.0 Å². The number of hydrogen-bond acceptors (Lipinski definition) is 6. The Kier molecular flexibility index (Phi) is 8.74. The molecule has 9 nitrogen and oxygen atoms in total. The highest BCUT2D eigenvalue weighted by Crippen LogP contribution is 2.38. The van der Waals surface area contributed by atoms with Gasteiger partial charge in [-0.1, -0.05) is 69.5 Å². The molecule has 0 fully saturated rings. The minimum absolute atomic E-state index is 0.109. The van der Waals surface area contributed by atoms with Crippen LogP contribution in [0.4, 0.5) is 5.69 Å². The predicted molar refractivity (Wildman–Crippen MR) is 169 cm³/mol. The van der Waals surface area contributed by atoms with Gasteiger partial charge in [-0.2, -0.15) is 5.10 Å². The number of non-ortho nitro benzene ring substituents is 1. The lowest BCUT2D eigenvalue weighted by molar-refractivity contribution is -0.384. The summed E-state index contributed by atoms with van der Waals surface area (Å²) in [5, 5.41) is 16.5. The Bertz CT molecular complexity index is 1890. The highest BCUT2D eigenvalue weighted by molar-refractivity contribution is 9.11. The molecule has 1 heterocycles. The van der Waals surface area contributed by atoms with Crippen LogP contribution in [0, 0.1) is 10.1 Å². The number of hydrogen-bond donors (Lipinski definition) is 2. The van der Waals surface area contributed by atoms with Crippen molar-refractivity contribution >= 4 is 89.7 Å². The van der Waals surface area contributed by atoms with Crippen LogP contribution in [0.5, 0.6) is 5.75 Å². The predicted octanol–water partition coefficient (Wildman–Crippen LogP) is 8.56. The van der Waals surface area contributed by atoms with E-state index in [1.807, 2.05) is 30.3 Å². The average molecular weight is 731 g/mol. The fourth-order valence-electron chi connectivity index (χ4n) is 4.17. The van der Waals surface area contributed by atoms with Gasteiger partial charge in [-0.15, -0.1) is 0 Å². The van der Waals surface area contributed by atoms with Crippen molar-refractivity contribution in [1.82, 2.24) is 10.4 Å². The number of nitrogens with one attached hydrogen (secondary N) is 2. The van der Waals surface area contributed by atoms with E-state index < -0.39 is 16.8 Å². The maximum Gasteiger partial charge on any atom is 0.343 e. The summed E-state index contributed by atoms with van der Waals surface area (Å²) in [5.74, 6) is -1.17. The number of carbonyl (C=O) groups is 2. The van der Waals surface area contributed by atoms with Crippen LogP contribution in [0.3, 0.4) is 0 Å². The van der Waals surface area contributed by atoms with Gasteiger partial charge in [0, 0.05) is 38.1 Å². The van der Waals surface area contributed by atoms with Crippen LogP contribution < -0.4 is 10.2 Å². The van der Waals surface area contributed by atoms with E-state index in [4.69, 9.17) is 27.9 Å². The summed E-state index contributed by atoms with van der Waals surface area (Å²) < 4.78 is 6.66. The number of amides is 1. The topological polar surface area (TPSA) is 127 Å². The molecule has 0 bridgehead atoms. The second-order valence-corrected chi connectivity index (χ2v) is 11.4. The number of carbonyl (C=O) groups excluding carboxylic acids is 2. The van der Waals surface area contributed by atoms with Crippen LogP contribution in [0.1, 0.15) is 26.4 Å². The molecular weight excluding hydrogens is 715 g/mol. The number of hydrazone groups is 1. The van der Waals surface area contributed by atoms with Gasteiger partial charge in [-0.3, -0.25) is 14.9 Å².